The summed E-state index contributed by atoms with van der Waals surface area (Å²) in [7, 11) is -3.64. The van der Waals surface area contributed by atoms with E-state index in [9.17, 15) is 18.0 Å². The van der Waals surface area contributed by atoms with Crippen molar-refractivity contribution >= 4 is 27.5 Å². The van der Waals surface area contributed by atoms with Gasteiger partial charge in [0.05, 0.1) is 4.90 Å². The number of nitrogens with one attached hydrogen (secondary N) is 1. The summed E-state index contributed by atoms with van der Waals surface area (Å²) in [5.74, 6) is -0.304. The van der Waals surface area contributed by atoms with Gasteiger partial charge in [-0.25, -0.2) is 8.42 Å². The number of anilines is 1. The Morgan fingerprint density at radius 1 is 0.893 bits per heavy atom. The Balaban J connectivity index is 1.65. The van der Waals surface area contributed by atoms with E-state index < -0.39 is 10.0 Å². The van der Waals surface area contributed by atoms with E-state index in [1.807, 2.05) is 19.1 Å². The summed E-state index contributed by atoms with van der Waals surface area (Å²) >= 11 is 0. The zero-order chi connectivity index (χ0) is 20.3. The van der Waals surface area contributed by atoms with Gasteiger partial charge in [-0.15, -0.1) is 0 Å². The second-order valence-electron chi connectivity index (χ2n) is 6.77. The van der Waals surface area contributed by atoms with E-state index in [0.717, 1.165) is 5.56 Å². The van der Waals surface area contributed by atoms with Gasteiger partial charge in [0.1, 0.15) is 0 Å². The first kappa shape index (κ1) is 20.0. The molecule has 7 nitrogen and oxygen atoms in total. The largest absolute Gasteiger partial charge is 0.336 e. The van der Waals surface area contributed by atoms with Crippen molar-refractivity contribution in [2.24, 2.45) is 0 Å². The third-order valence-electron chi connectivity index (χ3n) is 4.64. The van der Waals surface area contributed by atoms with Gasteiger partial charge in [-0.3, -0.25) is 9.59 Å². The molecule has 0 aliphatic carbocycles. The Bertz CT molecular complexity index is 962. The summed E-state index contributed by atoms with van der Waals surface area (Å²) in [6.45, 7) is 4.52. The van der Waals surface area contributed by atoms with Crippen LogP contribution in [0.15, 0.2) is 53.4 Å². The molecule has 1 aliphatic rings. The normalized spacial score (nSPS) is 15.3. The number of benzene rings is 2. The highest BCUT2D eigenvalue weighted by Crippen LogP contribution is 2.20. The van der Waals surface area contributed by atoms with Crippen LogP contribution in [0.5, 0.6) is 0 Å². The highest BCUT2D eigenvalue weighted by molar-refractivity contribution is 7.89. The summed E-state index contributed by atoms with van der Waals surface area (Å²) in [5.41, 5.74) is 2.23. The van der Waals surface area contributed by atoms with Crippen LogP contribution in [-0.2, 0) is 14.8 Å². The lowest BCUT2D eigenvalue weighted by Gasteiger charge is -2.34. The van der Waals surface area contributed by atoms with Crippen LogP contribution < -0.4 is 5.32 Å². The first-order valence-electron chi connectivity index (χ1n) is 9.01. The molecule has 1 heterocycles. The first-order chi connectivity index (χ1) is 13.3. The molecule has 148 valence electrons. The number of hydrogen-bond acceptors (Lipinski definition) is 4. The molecule has 1 aliphatic heterocycles. The summed E-state index contributed by atoms with van der Waals surface area (Å²) in [5, 5.41) is 2.61. The smallest absolute Gasteiger partial charge is 0.253 e. The molecule has 0 radical (unpaired) electrons. The molecule has 0 spiro atoms. The van der Waals surface area contributed by atoms with Gasteiger partial charge >= 0.3 is 0 Å². The van der Waals surface area contributed by atoms with Crippen molar-refractivity contribution in [2.75, 3.05) is 31.5 Å². The average molecular weight is 401 g/mol. The van der Waals surface area contributed by atoms with Crippen molar-refractivity contribution in [3.63, 3.8) is 0 Å². The Labute approximate surface area is 165 Å². The highest BCUT2D eigenvalue weighted by atomic mass is 32.2. The fraction of sp³-hybridized carbons (Fsp3) is 0.300. The van der Waals surface area contributed by atoms with E-state index in [1.165, 1.54) is 23.4 Å². The van der Waals surface area contributed by atoms with Crippen LogP contribution in [0.2, 0.25) is 0 Å². The molecule has 0 unspecified atom stereocenters. The van der Waals surface area contributed by atoms with Crippen LogP contribution >= 0.6 is 0 Å². The van der Waals surface area contributed by atoms with E-state index in [4.69, 9.17) is 0 Å². The highest BCUT2D eigenvalue weighted by Gasteiger charge is 2.30. The molecule has 0 aromatic heterocycles. The number of carbonyl (C=O) groups excluding carboxylic acids is 2. The van der Waals surface area contributed by atoms with Crippen LogP contribution in [-0.4, -0.2) is 55.6 Å². The van der Waals surface area contributed by atoms with Gasteiger partial charge in [0.15, 0.2) is 0 Å². The lowest BCUT2D eigenvalue weighted by molar-refractivity contribution is -0.114. The lowest BCUT2D eigenvalue weighted by atomic mass is 10.1. The summed E-state index contributed by atoms with van der Waals surface area (Å²) in [6, 6.07) is 13.4. The number of nitrogens with zero attached hydrogens (tertiary/aromatic N) is 2. The minimum atomic E-state index is -3.64. The zero-order valence-electron chi connectivity index (χ0n) is 15.9. The van der Waals surface area contributed by atoms with Crippen LogP contribution in [0.4, 0.5) is 5.69 Å². The molecule has 28 heavy (non-hydrogen) atoms. The minimum absolute atomic E-state index is 0.0864. The number of hydrogen-bond donors (Lipinski definition) is 1. The quantitative estimate of drug-likeness (QED) is 0.850. The predicted octanol–water partition coefficient (Wildman–Crippen LogP) is 2.10. The summed E-state index contributed by atoms with van der Waals surface area (Å²) < 4.78 is 27.1. The monoisotopic (exact) mass is 401 g/mol. The van der Waals surface area contributed by atoms with Gasteiger partial charge < -0.3 is 10.2 Å². The number of carbonyl (C=O) groups is 2. The Kier molecular flexibility index (Phi) is 5.81. The van der Waals surface area contributed by atoms with E-state index in [0.29, 0.717) is 24.3 Å². The molecule has 2 amide bonds. The van der Waals surface area contributed by atoms with Gasteiger partial charge in [0.25, 0.3) is 5.91 Å². The Morgan fingerprint density at radius 2 is 1.46 bits per heavy atom. The number of amides is 2. The van der Waals surface area contributed by atoms with Gasteiger partial charge in [0.2, 0.25) is 15.9 Å². The van der Waals surface area contributed by atoms with E-state index in [-0.39, 0.29) is 29.8 Å². The standard InChI is InChI=1S/C20H23N3O4S/c1-15-3-5-17(6-4-15)20(25)22-11-13-23(14-12-22)28(26,27)19-9-7-18(8-10-19)21-16(2)24/h3-10H,11-14H2,1-2H3,(H,21,24). The number of aryl methyl sites for hydroxylation is 1. The van der Waals surface area contributed by atoms with Crippen molar-refractivity contribution in [3.8, 4) is 0 Å². The van der Waals surface area contributed by atoms with E-state index in [1.54, 1.807) is 29.2 Å². The SMILES string of the molecule is CC(=O)Nc1ccc(S(=O)(=O)N2CCN(C(=O)c3ccc(C)cc3)CC2)cc1. The zero-order valence-corrected chi connectivity index (χ0v) is 16.7. The molecular formula is C20H23N3O4S. The third-order valence-corrected chi connectivity index (χ3v) is 6.55. The molecule has 0 saturated carbocycles. The van der Waals surface area contributed by atoms with Crippen LogP contribution in [0.3, 0.4) is 0 Å². The molecule has 2 aromatic carbocycles. The van der Waals surface area contributed by atoms with Crippen LogP contribution in [0.1, 0.15) is 22.8 Å². The Hall–Kier alpha value is -2.71. The maximum absolute atomic E-state index is 12.8. The van der Waals surface area contributed by atoms with Gasteiger partial charge in [-0.05, 0) is 43.3 Å². The van der Waals surface area contributed by atoms with Crippen LogP contribution in [0, 0.1) is 6.92 Å². The van der Waals surface area contributed by atoms with E-state index in [2.05, 4.69) is 5.32 Å². The molecule has 0 bridgehead atoms. The predicted molar refractivity (Wildman–Crippen MR) is 107 cm³/mol. The molecule has 1 fully saturated rings. The molecule has 2 aromatic rings. The fourth-order valence-corrected chi connectivity index (χ4v) is 4.50. The second-order valence-corrected chi connectivity index (χ2v) is 8.71. The fourth-order valence-electron chi connectivity index (χ4n) is 3.07. The summed E-state index contributed by atoms with van der Waals surface area (Å²) in [4.78, 5) is 25.5. The molecule has 0 atom stereocenters. The van der Waals surface area contributed by atoms with Crippen LogP contribution in [0.25, 0.3) is 0 Å². The van der Waals surface area contributed by atoms with Gasteiger partial charge in [0, 0.05) is 44.4 Å². The molecule has 1 saturated heterocycles. The minimum Gasteiger partial charge on any atom is -0.336 e. The van der Waals surface area contributed by atoms with Crippen molar-refractivity contribution in [1.29, 1.82) is 0 Å². The second kappa shape index (κ2) is 8.12. The van der Waals surface area contributed by atoms with Gasteiger partial charge in [-0.2, -0.15) is 4.31 Å². The summed E-state index contributed by atoms with van der Waals surface area (Å²) in [6.07, 6.45) is 0. The third kappa shape index (κ3) is 4.40. The molecule has 8 heteroatoms. The maximum Gasteiger partial charge on any atom is 0.253 e. The average Bonchev–Trinajstić information content (AvgIpc) is 2.68. The molecular weight excluding hydrogens is 378 g/mol. The number of rotatable bonds is 4. The maximum atomic E-state index is 12.8. The van der Waals surface area contributed by atoms with Gasteiger partial charge in [-0.1, -0.05) is 17.7 Å². The number of sulfonamides is 1. The molecule has 3 rings (SSSR count). The van der Waals surface area contributed by atoms with Crippen molar-refractivity contribution in [1.82, 2.24) is 9.21 Å². The topological polar surface area (TPSA) is 86.8 Å². The first-order valence-corrected chi connectivity index (χ1v) is 10.4. The van der Waals surface area contributed by atoms with Crippen molar-refractivity contribution in [3.05, 3.63) is 59.7 Å². The van der Waals surface area contributed by atoms with E-state index >= 15 is 0 Å². The lowest BCUT2D eigenvalue weighted by Crippen LogP contribution is -2.50. The molecule has 1 N–H and O–H groups in total. The van der Waals surface area contributed by atoms with Crippen molar-refractivity contribution in [2.45, 2.75) is 18.7 Å². The number of piperazine rings is 1. The Morgan fingerprint density at radius 3 is 2.00 bits per heavy atom. The van der Waals surface area contributed by atoms with Crippen molar-refractivity contribution < 1.29 is 18.0 Å².